The third kappa shape index (κ3) is 4.18. The predicted molar refractivity (Wildman–Crippen MR) is 86.3 cm³/mol. The number of nitrogens with zero attached hydrogens (tertiary/aromatic N) is 2. The Balaban J connectivity index is 1.87. The summed E-state index contributed by atoms with van der Waals surface area (Å²) in [6.45, 7) is 12.7. The van der Waals surface area contributed by atoms with Gasteiger partial charge in [-0.2, -0.15) is 0 Å². The molecular weight excluding hydrogens is 264 g/mol. The van der Waals surface area contributed by atoms with Gasteiger partial charge in [-0.1, -0.05) is 13.8 Å². The summed E-state index contributed by atoms with van der Waals surface area (Å²) in [4.78, 5) is 17.3. The molecule has 2 rings (SSSR count). The van der Waals surface area contributed by atoms with Gasteiger partial charge in [-0.25, -0.2) is 0 Å². The van der Waals surface area contributed by atoms with Crippen molar-refractivity contribution < 1.29 is 4.79 Å². The molecule has 2 unspecified atom stereocenters. The summed E-state index contributed by atoms with van der Waals surface area (Å²) in [5.74, 6) is 0.720. The molecule has 0 aromatic carbocycles. The minimum atomic E-state index is -0.357. The van der Waals surface area contributed by atoms with Crippen LogP contribution in [0.25, 0.3) is 0 Å². The molecule has 2 saturated heterocycles. The third-order valence-corrected chi connectivity index (χ3v) is 5.12. The van der Waals surface area contributed by atoms with Crippen LogP contribution in [0.15, 0.2) is 0 Å². The first-order valence-corrected chi connectivity index (χ1v) is 8.38. The van der Waals surface area contributed by atoms with Gasteiger partial charge in [0.05, 0.1) is 5.54 Å². The van der Waals surface area contributed by atoms with Gasteiger partial charge in [0.2, 0.25) is 5.91 Å². The summed E-state index contributed by atoms with van der Waals surface area (Å²) in [6.07, 6.45) is 2.04. The average Bonchev–Trinajstić information content (AvgIpc) is 2.88. The van der Waals surface area contributed by atoms with Crippen LogP contribution >= 0.6 is 0 Å². The number of hydrogen-bond donors (Lipinski definition) is 2. The van der Waals surface area contributed by atoms with E-state index < -0.39 is 0 Å². The Hall–Kier alpha value is -0.650. The van der Waals surface area contributed by atoms with E-state index in [1.54, 1.807) is 0 Å². The lowest BCUT2D eigenvalue weighted by molar-refractivity contribution is -0.126. The van der Waals surface area contributed by atoms with E-state index in [4.69, 9.17) is 0 Å². The van der Waals surface area contributed by atoms with E-state index in [9.17, 15) is 4.79 Å². The molecule has 2 N–H and O–H groups in total. The number of likely N-dealkylation sites (N-methyl/N-ethyl adjacent to an activating group) is 1. The van der Waals surface area contributed by atoms with Gasteiger partial charge < -0.3 is 15.5 Å². The van der Waals surface area contributed by atoms with Crippen LogP contribution in [0.5, 0.6) is 0 Å². The molecule has 2 heterocycles. The van der Waals surface area contributed by atoms with Crippen molar-refractivity contribution in [3.8, 4) is 0 Å². The van der Waals surface area contributed by atoms with Gasteiger partial charge in [-0.3, -0.25) is 9.69 Å². The van der Waals surface area contributed by atoms with Crippen molar-refractivity contribution >= 4 is 5.91 Å². The van der Waals surface area contributed by atoms with E-state index in [0.29, 0.717) is 12.0 Å². The molecule has 0 radical (unpaired) electrons. The summed E-state index contributed by atoms with van der Waals surface area (Å²) < 4.78 is 0. The lowest BCUT2D eigenvalue weighted by Gasteiger charge is -2.40. The number of carbonyl (C=O) groups excluding carboxylic acids is 1. The highest BCUT2D eigenvalue weighted by atomic mass is 16.2. The molecule has 0 aromatic heterocycles. The SMILES string of the molecule is CC(C)C(CNC(=O)C1(C)CCCN1)N1CCN(C)CC1. The highest BCUT2D eigenvalue weighted by molar-refractivity contribution is 5.86. The second-order valence-electron chi connectivity index (χ2n) is 7.22. The molecule has 0 bridgehead atoms. The normalized spacial score (nSPS) is 29.8. The van der Waals surface area contributed by atoms with Crippen LogP contribution in [-0.2, 0) is 4.79 Å². The van der Waals surface area contributed by atoms with Crippen LogP contribution in [0.1, 0.15) is 33.6 Å². The van der Waals surface area contributed by atoms with Crippen LogP contribution in [0.4, 0.5) is 0 Å². The van der Waals surface area contributed by atoms with Crippen LogP contribution in [0.2, 0.25) is 0 Å². The molecule has 5 nitrogen and oxygen atoms in total. The Kier molecular flexibility index (Phi) is 5.63. The van der Waals surface area contributed by atoms with Gasteiger partial charge in [0.15, 0.2) is 0 Å². The Morgan fingerprint density at radius 3 is 2.48 bits per heavy atom. The Labute approximate surface area is 129 Å². The van der Waals surface area contributed by atoms with Crippen molar-refractivity contribution in [2.24, 2.45) is 5.92 Å². The molecule has 2 aliphatic rings. The Bertz CT molecular complexity index is 344. The van der Waals surface area contributed by atoms with Crippen molar-refractivity contribution in [3.63, 3.8) is 0 Å². The molecule has 0 spiro atoms. The van der Waals surface area contributed by atoms with Crippen molar-refractivity contribution in [2.75, 3.05) is 46.3 Å². The van der Waals surface area contributed by atoms with Crippen LogP contribution in [0, 0.1) is 5.92 Å². The highest BCUT2D eigenvalue weighted by Gasteiger charge is 2.36. The standard InChI is InChI=1S/C16H32N4O/c1-13(2)14(20-10-8-19(4)9-11-20)12-17-15(21)16(3)6-5-7-18-16/h13-14,18H,5-12H2,1-4H3,(H,17,21). The highest BCUT2D eigenvalue weighted by Crippen LogP contribution is 2.19. The summed E-state index contributed by atoms with van der Waals surface area (Å²) in [7, 11) is 2.18. The topological polar surface area (TPSA) is 47.6 Å². The van der Waals surface area contributed by atoms with Crippen molar-refractivity contribution in [3.05, 3.63) is 0 Å². The molecule has 0 saturated carbocycles. The molecule has 5 heteroatoms. The smallest absolute Gasteiger partial charge is 0.240 e. The molecule has 2 aliphatic heterocycles. The first-order chi connectivity index (χ1) is 9.92. The van der Waals surface area contributed by atoms with Crippen molar-refractivity contribution in [1.82, 2.24) is 20.4 Å². The number of rotatable bonds is 5. The molecular formula is C16H32N4O. The number of nitrogens with one attached hydrogen (secondary N) is 2. The van der Waals surface area contributed by atoms with Crippen LogP contribution in [0.3, 0.4) is 0 Å². The lowest BCUT2D eigenvalue weighted by atomic mass is 9.97. The van der Waals surface area contributed by atoms with Gasteiger partial charge >= 0.3 is 0 Å². The Morgan fingerprint density at radius 1 is 1.29 bits per heavy atom. The fourth-order valence-corrected chi connectivity index (χ4v) is 3.42. The van der Waals surface area contributed by atoms with Gasteiger partial charge in [-0.05, 0) is 39.3 Å². The molecule has 0 aromatic rings. The van der Waals surface area contributed by atoms with E-state index in [1.165, 1.54) is 0 Å². The quantitative estimate of drug-likeness (QED) is 0.776. The first-order valence-electron chi connectivity index (χ1n) is 8.38. The Morgan fingerprint density at radius 2 is 1.95 bits per heavy atom. The van der Waals surface area contributed by atoms with Crippen LogP contribution in [-0.4, -0.2) is 73.6 Å². The number of hydrogen-bond acceptors (Lipinski definition) is 4. The van der Waals surface area contributed by atoms with Gasteiger partial charge in [0.1, 0.15) is 0 Å². The predicted octanol–water partition coefficient (Wildman–Crippen LogP) is 0.517. The summed E-state index contributed by atoms with van der Waals surface area (Å²) >= 11 is 0. The van der Waals surface area contributed by atoms with E-state index >= 15 is 0 Å². The molecule has 2 atom stereocenters. The molecule has 21 heavy (non-hydrogen) atoms. The molecule has 0 aliphatic carbocycles. The zero-order valence-corrected chi connectivity index (χ0v) is 14.1. The monoisotopic (exact) mass is 296 g/mol. The average molecular weight is 296 g/mol. The summed E-state index contributed by atoms with van der Waals surface area (Å²) in [5, 5.41) is 6.54. The first kappa shape index (κ1) is 16.7. The number of piperazine rings is 1. The fraction of sp³-hybridized carbons (Fsp3) is 0.938. The number of amides is 1. The maximum absolute atomic E-state index is 12.4. The van der Waals surface area contributed by atoms with Crippen molar-refractivity contribution in [1.29, 1.82) is 0 Å². The fourth-order valence-electron chi connectivity index (χ4n) is 3.42. The zero-order chi connectivity index (χ0) is 15.5. The van der Waals surface area contributed by atoms with Gasteiger partial charge in [-0.15, -0.1) is 0 Å². The third-order valence-electron chi connectivity index (χ3n) is 5.12. The van der Waals surface area contributed by atoms with Crippen LogP contribution < -0.4 is 10.6 Å². The van der Waals surface area contributed by atoms with Gasteiger partial charge in [0, 0.05) is 38.8 Å². The largest absolute Gasteiger partial charge is 0.353 e. The minimum Gasteiger partial charge on any atom is -0.353 e. The molecule has 2 fully saturated rings. The minimum absolute atomic E-state index is 0.166. The number of carbonyl (C=O) groups is 1. The second kappa shape index (κ2) is 7.07. The van der Waals surface area contributed by atoms with Gasteiger partial charge in [0.25, 0.3) is 0 Å². The molecule has 122 valence electrons. The second-order valence-corrected chi connectivity index (χ2v) is 7.22. The maximum atomic E-state index is 12.4. The van der Waals surface area contributed by atoms with E-state index in [-0.39, 0.29) is 11.4 Å². The van der Waals surface area contributed by atoms with E-state index in [0.717, 1.165) is 52.1 Å². The lowest BCUT2D eigenvalue weighted by Crippen LogP contribution is -2.57. The van der Waals surface area contributed by atoms with Crippen molar-refractivity contribution in [2.45, 2.75) is 45.2 Å². The zero-order valence-electron chi connectivity index (χ0n) is 14.1. The van der Waals surface area contributed by atoms with E-state index in [2.05, 4.69) is 41.3 Å². The maximum Gasteiger partial charge on any atom is 0.240 e. The van der Waals surface area contributed by atoms with E-state index in [1.807, 2.05) is 6.92 Å². The summed E-state index contributed by atoms with van der Waals surface area (Å²) in [5.41, 5.74) is -0.357. The summed E-state index contributed by atoms with van der Waals surface area (Å²) in [6, 6.07) is 0.438. The molecule has 1 amide bonds.